The zero-order valence-electron chi connectivity index (χ0n) is 9.26. The number of benzene rings is 1. The zero-order chi connectivity index (χ0) is 13.3. The number of carbonyl (C=O) groups is 1. The molecule has 1 aromatic carbocycles. The van der Waals surface area contributed by atoms with Crippen LogP contribution in [0, 0.1) is 12.7 Å². The molecule has 0 atom stereocenters. The van der Waals surface area contributed by atoms with Crippen LogP contribution in [-0.4, -0.2) is 5.91 Å². The van der Waals surface area contributed by atoms with Crippen LogP contribution >= 0.6 is 38.9 Å². The Bertz CT molecular complexity index is 595. The molecular weight excluding hydrogens is 341 g/mol. The van der Waals surface area contributed by atoms with Crippen molar-refractivity contribution in [3.63, 3.8) is 0 Å². The highest BCUT2D eigenvalue weighted by Crippen LogP contribution is 2.29. The molecule has 0 saturated carbocycles. The molecule has 18 heavy (non-hydrogen) atoms. The monoisotopic (exact) mass is 347 g/mol. The number of hydrogen-bond acceptors (Lipinski definition) is 2. The largest absolute Gasteiger partial charge is 0.320 e. The Morgan fingerprint density at radius 2 is 2.17 bits per heavy atom. The van der Waals surface area contributed by atoms with E-state index in [1.165, 1.54) is 23.5 Å². The van der Waals surface area contributed by atoms with Crippen molar-refractivity contribution in [2.75, 3.05) is 5.32 Å². The Hall–Kier alpha value is -0.910. The van der Waals surface area contributed by atoms with Gasteiger partial charge < -0.3 is 5.32 Å². The Labute approximate surface area is 121 Å². The molecule has 0 aliphatic heterocycles. The summed E-state index contributed by atoms with van der Waals surface area (Å²) in [6.45, 7) is 1.90. The van der Waals surface area contributed by atoms with Crippen LogP contribution in [0.2, 0.25) is 5.02 Å². The van der Waals surface area contributed by atoms with Gasteiger partial charge in [0, 0.05) is 0 Å². The third kappa shape index (κ3) is 2.91. The van der Waals surface area contributed by atoms with Gasteiger partial charge in [-0.1, -0.05) is 11.6 Å². The smallest absolute Gasteiger partial charge is 0.265 e. The van der Waals surface area contributed by atoms with Gasteiger partial charge in [-0.2, -0.15) is 0 Å². The van der Waals surface area contributed by atoms with E-state index in [2.05, 4.69) is 21.2 Å². The topological polar surface area (TPSA) is 29.1 Å². The molecule has 0 aliphatic carbocycles. The highest BCUT2D eigenvalue weighted by atomic mass is 79.9. The van der Waals surface area contributed by atoms with Crippen molar-refractivity contribution in [1.29, 1.82) is 0 Å². The first kappa shape index (κ1) is 13.5. The van der Waals surface area contributed by atoms with Crippen LogP contribution < -0.4 is 5.32 Å². The van der Waals surface area contributed by atoms with Crippen molar-refractivity contribution in [2.45, 2.75) is 6.92 Å². The highest BCUT2D eigenvalue weighted by Gasteiger charge is 2.13. The Morgan fingerprint density at radius 3 is 2.72 bits per heavy atom. The number of anilines is 1. The number of rotatable bonds is 2. The molecule has 1 heterocycles. The lowest BCUT2D eigenvalue weighted by molar-refractivity contribution is 0.103. The molecule has 2 rings (SSSR count). The SMILES string of the molecule is Cc1cc(C(=O)Nc2ccc(F)cc2Cl)sc1Br. The van der Waals surface area contributed by atoms with E-state index in [1.54, 1.807) is 6.07 Å². The van der Waals surface area contributed by atoms with E-state index >= 15 is 0 Å². The second-order valence-electron chi connectivity index (χ2n) is 3.65. The predicted octanol–water partition coefficient (Wildman–Crippen LogP) is 4.86. The first-order chi connectivity index (χ1) is 8.47. The summed E-state index contributed by atoms with van der Waals surface area (Å²) in [6.07, 6.45) is 0. The summed E-state index contributed by atoms with van der Waals surface area (Å²) in [5, 5.41) is 2.82. The first-order valence-electron chi connectivity index (χ1n) is 4.99. The maximum absolute atomic E-state index is 12.9. The number of nitrogens with one attached hydrogen (secondary N) is 1. The molecule has 0 unspecified atom stereocenters. The molecule has 1 N–H and O–H groups in total. The van der Waals surface area contributed by atoms with Gasteiger partial charge in [-0.25, -0.2) is 4.39 Å². The maximum Gasteiger partial charge on any atom is 0.265 e. The van der Waals surface area contributed by atoms with Gasteiger partial charge in [-0.3, -0.25) is 4.79 Å². The summed E-state index contributed by atoms with van der Waals surface area (Å²) in [5.41, 5.74) is 1.39. The molecule has 0 fully saturated rings. The Kier molecular flexibility index (Phi) is 4.04. The standard InChI is InChI=1S/C12H8BrClFNOS/c1-6-4-10(18-11(6)13)12(17)16-9-3-2-7(15)5-8(9)14/h2-5H,1H3,(H,16,17). The number of thiophene rings is 1. The summed E-state index contributed by atoms with van der Waals surface area (Å²) in [5.74, 6) is -0.699. The molecule has 6 heteroatoms. The summed E-state index contributed by atoms with van der Waals surface area (Å²) in [6, 6.07) is 5.62. The van der Waals surface area contributed by atoms with Gasteiger partial charge in [0.15, 0.2) is 0 Å². The van der Waals surface area contributed by atoms with Gasteiger partial charge in [-0.05, 0) is 52.7 Å². The minimum absolute atomic E-state index is 0.177. The van der Waals surface area contributed by atoms with Gasteiger partial charge in [0.1, 0.15) is 5.82 Å². The van der Waals surface area contributed by atoms with Crippen LogP contribution in [0.25, 0.3) is 0 Å². The molecule has 0 radical (unpaired) electrons. The van der Waals surface area contributed by atoms with Crippen molar-refractivity contribution in [3.05, 3.63) is 49.3 Å². The normalized spacial score (nSPS) is 10.4. The van der Waals surface area contributed by atoms with Crippen molar-refractivity contribution in [3.8, 4) is 0 Å². The van der Waals surface area contributed by atoms with E-state index in [9.17, 15) is 9.18 Å². The fourth-order valence-corrected chi connectivity index (χ4v) is 2.99. The molecule has 2 aromatic rings. The van der Waals surface area contributed by atoms with Gasteiger partial charge in [0.25, 0.3) is 5.91 Å². The van der Waals surface area contributed by atoms with Crippen LogP contribution in [0.3, 0.4) is 0 Å². The lowest BCUT2D eigenvalue weighted by Gasteiger charge is -2.05. The summed E-state index contributed by atoms with van der Waals surface area (Å²) in [4.78, 5) is 12.5. The van der Waals surface area contributed by atoms with E-state index < -0.39 is 5.82 Å². The van der Waals surface area contributed by atoms with E-state index in [-0.39, 0.29) is 10.9 Å². The number of aryl methyl sites for hydroxylation is 1. The fraction of sp³-hybridized carbons (Fsp3) is 0.0833. The number of hydrogen-bond donors (Lipinski definition) is 1. The van der Waals surface area contributed by atoms with Gasteiger partial charge in [0.2, 0.25) is 0 Å². The van der Waals surface area contributed by atoms with Gasteiger partial charge in [0.05, 0.1) is 19.4 Å². The van der Waals surface area contributed by atoms with Crippen molar-refractivity contribution in [1.82, 2.24) is 0 Å². The number of carbonyl (C=O) groups excluding carboxylic acids is 1. The predicted molar refractivity (Wildman–Crippen MR) is 76.1 cm³/mol. The summed E-state index contributed by atoms with van der Waals surface area (Å²) >= 11 is 10.5. The van der Waals surface area contributed by atoms with Gasteiger partial charge in [-0.15, -0.1) is 11.3 Å². The highest BCUT2D eigenvalue weighted by molar-refractivity contribution is 9.11. The Morgan fingerprint density at radius 1 is 1.44 bits per heavy atom. The average Bonchev–Trinajstić information content (AvgIpc) is 2.63. The van der Waals surface area contributed by atoms with E-state index in [1.807, 2.05) is 6.92 Å². The maximum atomic E-state index is 12.9. The number of amides is 1. The fourth-order valence-electron chi connectivity index (χ4n) is 1.35. The van der Waals surface area contributed by atoms with Crippen LogP contribution in [0.4, 0.5) is 10.1 Å². The minimum Gasteiger partial charge on any atom is -0.320 e. The van der Waals surface area contributed by atoms with Gasteiger partial charge >= 0.3 is 0 Å². The van der Waals surface area contributed by atoms with Crippen LogP contribution in [0.1, 0.15) is 15.2 Å². The Balaban J connectivity index is 2.21. The molecule has 1 amide bonds. The zero-order valence-corrected chi connectivity index (χ0v) is 12.4. The quantitative estimate of drug-likeness (QED) is 0.824. The van der Waals surface area contributed by atoms with E-state index in [4.69, 9.17) is 11.6 Å². The number of halogens is 3. The molecule has 0 aliphatic rings. The van der Waals surface area contributed by atoms with E-state index in [0.717, 1.165) is 15.4 Å². The van der Waals surface area contributed by atoms with Crippen molar-refractivity contribution < 1.29 is 9.18 Å². The molecule has 1 aromatic heterocycles. The first-order valence-corrected chi connectivity index (χ1v) is 6.98. The molecule has 0 saturated heterocycles. The van der Waals surface area contributed by atoms with Crippen molar-refractivity contribution in [2.24, 2.45) is 0 Å². The average molecular weight is 349 g/mol. The molecule has 94 valence electrons. The second kappa shape index (κ2) is 5.38. The lowest BCUT2D eigenvalue weighted by Crippen LogP contribution is -2.10. The second-order valence-corrected chi connectivity index (χ2v) is 6.42. The van der Waals surface area contributed by atoms with Crippen LogP contribution in [0.5, 0.6) is 0 Å². The molecule has 0 bridgehead atoms. The van der Waals surface area contributed by atoms with Crippen molar-refractivity contribution >= 4 is 50.5 Å². The van der Waals surface area contributed by atoms with E-state index in [0.29, 0.717) is 10.6 Å². The molecule has 0 spiro atoms. The van der Waals surface area contributed by atoms with Crippen LogP contribution in [0.15, 0.2) is 28.1 Å². The molecular formula is C12H8BrClFNOS. The third-order valence-corrected chi connectivity index (χ3v) is 4.71. The molecule has 2 nitrogen and oxygen atoms in total. The van der Waals surface area contributed by atoms with Crippen LogP contribution in [-0.2, 0) is 0 Å². The minimum atomic E-state index is -0.437. The summed E-state index contributed by atoms with van der Waals surface area (Å²) in [7, 11) is 0. The summed E-state index contributed by atoms with van der Waals surface area (Å²) < 4.78 is 13.8. The lowest BCUT2D eigenvalue weighted by atomic mass is 10.3. The third-order valence-electron chi connectivity index (χ3n) is 2.26.